The van der Waals surface area contributed by atoms with E-state index in [0.717, 1.165) is 22.9 Å². The van der Waals surface area contributed by atoms with Crippen molar-refractivity contribution in [3.8, 4) is 0 Å². The topological polar surface area (TPSA) is 67.4 Å². The quantitative estimate of drug-likeness (QED) is 0.737. The SMILES string of the molecule is CCCCC1=C(C(=O)OCC)C(c2ccccc2Br)NC(=O)N1. The highest BCUT2D eigenvalue weighted by molar-refractivity contribution is 9.10. The van der Waals surface area contributed by atoms with Crippen molar-refractivity contribution in [3.63, 3.8) is 0 Å². The van der Waals surface area contributed by atoms with E-state index in [-0.39, 0.29) is 6.03 Å². The van der Waals surface area contributed by atoms with E-state index >= 15 is 0 Å². The molecule has 1 aromatic carbocycles. The number of ether oxygens (including phenoxy) is 1. The zero-order valence-corrected chi connectivity index (χ0v) is 14.9. The van der Waals surface area contributed by atoms with Crippen molar-refractivity contribution in [1.29, 1.82) is 0 Å². The molecule has 1 aliphatic heterocycles. The molecule has 2 N–H and O–H groups in total. The van der Waals surface area contributed by atoms with Crippen LogP contribution in [0.2, 0.25) is 0 Å². The van der Waals surface area contributed by atoms with Crippen molar-refractivity contribution in [1.82, 2.24) is 10.6 Å². The zero-order chi connectivity index (χ0) is 16.8. The number of hydrogen-bond acceptors (Lipinski definition) is 3. The highest BCUT2D eigenvalue weighted by Gasteiger charge is 2.34. The van der Waals surface area contributed by atoms with Crippen molar-refractivity contribution >= 4 is 27.9 Å². The van der Waals surface area contributed by atoms with E-state index < -0.39 is 12.0 Å². The average Bonchev–Trinajstić information content (AvgIpc) is 2.52. The van der Waals surface area contributed by atoms with Crippen molar-refractivity contribution in [3.05, 3.63) is 45.6 Å². The highest BCUT2D eigenvalue weighted by Crippen LogP contribution is 2.33. The molecule has 1 aliphatic rings. The number of hydrogen-bond donors (Lipinski definition) is 2. The summed E-state index contributed by atoms with van der Waals surface area (Å²) in [5, 5.41) is 5.60. The maximum absolute atomic E-state index is 12.5. The second-order valence-electron chi connectivity index (χ2n) is 5.27. The fraction of sp³-hybridized carbons (Fsp3) is 0.412. The lowest BCUT2D eigenvalue weighted by atomic mass is 9.93. The van der Waals surface area contributed by atoms with Gasteiger partial charge < -0.3 is 15.4 Å². The summed E-state index contributed by atoms with van der Waals surface area (Å²) in [5.41, 5.74) is 1.96. The molecule has 0 aromatic heterocycles. The fourth-order valence-electron chi connectivity index (χ4n) is 2.56. The van der Waals surface area contributed by atoms with Crippen LogP contribution in [0.3, 0.4) is 0 Å². The summed E-state index contributed by atoms with van der Waals surface area (Å²) in [6.07, 6.45) is 2.50. The zero-order valence-electron chi connectivity index (χ0n) is 13.3. The molecule has 0 radical (unpaired) electrons. The van der Waals surface area contributed by atoms with E-state index in [1.54, 1.807) is 6.92 Å². The van der Waals surface area contributed by atoms with Gasteiger partial charge in [-0.05, 0) is 31.4 Å². The maximum atomic E-state index is 12.5. The van der Waals surface area contributed by atoms with Gasteiger partial charge in [0.15, 0.2) is 0 Å². The fourth-order valence-corrected chi connectivity index (χ4v) is 3.07. The van der Waals surface area contributed by atoms with Gasteiger partial charge in [-0.25, -0.2) is 9.59 Å². The molecule has 23 heavy (non-hydrogen) atoms. The van der Waals surface area contributed by atoms with Gasteiger partial charge in [0.25, 0.3) is 0 Å². The molecule has 0 saturated carbocycles. The Bertz CT molecular complexity index is 628. The lowest BCUT2D eigenvalue weighted by Gasteiger charge is -2.30. The van der Waals surface area contributed by atoms with Gasteiger partial charge in [0, 0.05) is 10.2 Å². The molecule has 2 amide bonds. The van der Waals surface area contributed by atoms with Crippen LogP contribution in [0.5, 0.6) is 0 Å². The van der Waals surface area contributed by atoms with Gasteiger partial charge in [-0.15, -0.1) is 0 Å². The Kier molecular flexibility index (Phi) is 6.21. The number of carbonyl (C=O) groups is 2. The van der Waals surface area contributed by atoms with Gasteiger partial charge in [-0.2, -0.15) is 0 Å². The third-order valence-electron chi connectivity index (χ3n) is 3.65. The van der Waals surface area contributed by atoms with Gasteiger partial charge in [0.05, 0.1) is 18.2 Å². The van der Waals surface area contributed by atoms with E-state index in [0.29, 0.717) is 24.3 Å². The third-order valence-corrected chi connectivity index (χ3v) is 4.37. The minimum atomic E-state index is -0.523. The Balaban J connectivity index is 2.50. The van der Waals surface area contributed by atoms with Gasteiger partial charge in [-0.1, -0.05) is 47.5 Å². The molecule has 1 unspecified atom stereocenters. The number of allylic oxidation sites excluding steroid dienone is 1. The smallest absolute Gasteiger partial charge is 0.338 e. The van der Waals surface area contributed by atoms with Crippen LogP contribution in [-0.2, 0) is 9.53 Å². The number of unbranched alkanes of at least 4 members (excludes halogenated alkanes) is 1. The lowest BCUT2D eigenvalue weighted by Crippen LogP contribution is -2.46. The predicted molar refractivity (Wildman–Crippen MR) is 91.7 cm³/mol. The number of nitrogens with one attached hydrogen (secondary N) is 2. The molecule has 124 valence electrons. The maximum Gasteiger partial charge on any atom is 0.338 e. The molecule has 1 aromatic rings. The van der Waals surface area contributed by atoms with Gasteiger partial charge in [0.2, 0.25) is 0 Å². The van der Waals surface area contributed by atoms with Gasteiger partial charge in [0.1, 0.15) is 0 Å². The van der Waals surface area contributed by atoms with Crippen LogP contribution < -0.4 is 10.6 Å². The molecule has 0 aliphatic carbocycles. The summed E-state index contributed by atoms with van der Waals surface area (Å²) in [7, 11) is 0. The summed E-state index contributed by atoms with van der Waals surface area (Å²) >= 11 is 3.49. The van der Waals surface area contributed by atoms with Crippen LogP contribution in [0.15, 0.2) is 40.0 Å². The second-order valence-corrected chi connectivity index (χ2v) is 6.12. The normalized spacial score (nSPS) is 17.5. The predicted octanol–water partition coefficient (Wildman–Crippen LogP) is 3.81. The summed E-state index contributed by atoms with van der Waals surface area (Å²) in [5.74, 6) is -0.396. The molecular formula is C17H21BrN2O3. The average molecular weight is 381 g/mol. The first-order valence-corrected chi connectivity index (χ1v) is 8.59. The Morgan fingerprint density at radius 2 is 2.04 bits per heavy atom. The number of carbonyl (C=O) groups excluding carboxylic acids is 2. The van der Waals surface area contributed by atoms with E-state index in [2.05, 4.69) is 33.5 Å². The standard InChI is InChI=1S/C17H21BrN2O3/c1-3-5-10-13-14(16(21)23-4-2)15(20-17(22)19-13)11-8-6-7-9-12(11)18/h6-9,15H,3-5,10H2,1-2H3,(H2,19,20,22). The monoisotopic (exact) mass is 380 g/mol. The molecule has 0 bridgehead atoms. The first kappa shape index (κ1) is 17.5. The van der Waals surface area contributed by atoms with E-state index in [1.807, 2.05) is 24.3 Å². The molecule has 0 spiro atoms. The first-order valence-electron chi connectivity index (χ1n) is 7.80. The number of halogens is 1. The summed E-state index contributed by atoms with van der Waals surface area (Å²) in [6.45, 7) is 4.13. The summed E-state index contributed by atoms with van der Waals surface area (Å²) in [4.78, 5) is 24.5. The van der Waals surface area contributed by atoms with E-state index in [4.69, 9.17) is 4.74 Å². The molecule has 0 fully saturated rings. The van der Waals surface area contributed by atoms with Crippen molar-refractivity contribution in [2.75, 3.05) is 6.61 Å². The van der Waals surface area contributed by atoms with Crippen molar-refractivity contribution < 1.29 is 14.3 Å². The number of urea groups is 1. The minimum absolute atomic E-state index is 0.292. The largest absolute Gasteiger partial charge is 0.463 e. The minimum Gasteiger partial charge on any atom is -0.463 e. The van der Waals surface area contributed by atoms with Gasteiger partial charge in [-0.3, -0.25) is 0 Å². The van der Waals surface area contributed by atoms with Crippen LogP contribution in [0.1, 0.15) is 44.7 Å². The Labute approximate surface area is 144 Å². The molecular weight excluding hydrogens is 360 g/mol. The van der Waals surface area contributed by atoms with E-state index in [9.17, 15) is 9.59 Å². The molecule has 6 heteroatoms. The van der Waals surface area contributed by atoms with Crippen molar-refractivity contribution in [2.45, 2.75) is 39.2 Å². The van der Waals surface area contributed by atoms with Crippen LogP contribution in [-0.4, -0.2) is 18.6 Å². The van der Waals surface area contributed by atoms with Crippen LogP contribution in [0.25, 0.3) is 0 Å². The van der Waals surface area contributed by atoms with Gasteiger partial charge >= 0.3 is 12.0 Å². The summed E-state index contributed by atoms with van der Waals surface area (Å²) < 4.78 is 6.05. The van der Waals surface area contributed by atoms with E-state index in [1.165, 1.54) is 0 Å². The Morgan fingerprint density at radius 1 is 1.30 bits per heavy atom. The number of amides is 2. The number of benzene rings is 1. The molecule has 1 atom stereocenters. The molecule has 1 heterocycles. The van der Waals surface area contributed by atoms with Crippen LogP contribution >= 0.6 is 15.9 Å². The Morgan fingerprint density at radius 3 is 2.70 bits per heavy atom. The summed E-state index contributed by atoms with van der Waals surface area (Å²) in [6, 6.07) is 6.72. The molecule has 0 saturated heterocycles. The van der Waals surface area contributed by atoms with Crippen molar-refractivity contribution in [2.24, 2.45) is 0 Å². The number of esters is 1. The Hall–Kier alpha value is -1.82. The highest BCUT2D eigenvalue weighted by atomic mass is 79.9. The number of rotatable bonds is 6. The van der Waals surface area contributed by atoms with Crippen LogP contribution in [0, 0.1) is 0 Å². The molecule has 5 nitrogen and oxygen atoms in total. The molecule has 2 rings (SSSR count). The lowest BCUT2D eigenvalue weighted by molar-refractivity contribution is -0.139. The second kappa shape index (κ2) is 8.15. The van der Waals surface area contributed by atoms with Crippen LogP contribution in [0.4, 0.5) is 4.79 Å². The third kappa shape index (κ3) is 4.13. The first-order chi connectivity index (χ1) is 11.1.